The fourth-order valence-electron chi connectivity index (χ4n) is 7.05. The van der Waals surface area contributed by atoms with Gasteiger partial charge in [0.15, 0.2) is 0 Å². The average Bonchev–Trinajstić information content (AvgIpc) is 3.71. The summed E-state index contributed by atoms with van der Waals surface area (Å²) < 4.78 is 23.0. The molecule has 0 radical (unpaired) electrons. The number of carbonyl (C=O) groups excluding carboxylic acids is 1. The first kappa shape index (κ1) is 34.7. The lowest BCUT2D eigenvalue weighted by molar-refractivity contribution is -0.128. The van der Waals surface area contributed by atoms with Crippen molar-refractivity contribution in [2.75, 3.05) is 32.8 Å². The van der Waals surface area contributed by atoms with Crippen LogP contribution in [-0.4, -0.2) is 74.3 Å². The minimum absolute atomic E-state index is 0.0203. The summed E-state index contributed by atoms with van der Waals surface area (Å²) in [5.41, 5.74) is 1.94. The van der Waals surface area contributed by atoms with Gasteiger partial charge >= 0.3 is 4.87 Å². The Hall–Kier alpha value is -3.16. The third-order valence-electron chi connectivity index (χ3n) is 9.97. The van der Waals surface area contributed by atoms with E-state index >= 15 is 4.39 Å². The molecule has 3 N–H and O–H groups in total. The van der Waals surface area contributed by atoms with Crippen molar-refractivity contribution in [3.05, 3.63) is 78.6 Å². The predicted molar refractivity (Wildman–Crippen MR) is 188 cm³/mol. The van der Waals surface area contributed by atoms with Gasteiger partial charge in [-0.3, -0.25) is 14.5 Å². The Labute approximate surface area is 288 Å². The molecule has 258 valence electrons. The first-order chi connectivity index (χ1) is 22.9. The van der Waals surface area contributed by atoms with Crippen LogP contribution in [-0.2, 0) is 16.7 Å². The average molecular weight is 697 g/mol. The molecular formula is C36H45FN4O5S2. The molecule has 2 aliphatic rings. The van der Waals surface area contributed by atoms with Crippen molar-refractivity contribution in [2.45, 2.75) is 89.4 Å². The summed E-state index contributed by atoms with van der Waals surface area (Å²) in [6.07, 6.45) is 2.49. The summed E-state index contributed by atoms with van der Waals surface area (Å²) in [6, 6.07) is 8.78. The number of aromatic amines is 1. The second-order valence-corrected chi connectivity index (χ2v) is 16.1. The van der Waals surface area contributed by atoms with Crippen LogP contribution in [0.25, 0.3) is 10.2 Å². The van der Waals surface area contributed by atoms with Crippen LogP contribution in [0.5, 0.6) is 5.75 Å². The quantitative estimate of drug-likeness (QED) is 0.169. The van der Waals surface area contributed by atoms with E-state index in [9.17, 15) is 19.8 Å². The molecule has 4 heterocycles. The Morgan fingerprint density at radius 2 is 1.96 bits per heavy atom. The number of amides is 1. The number of halogens is 1. The minimum Gasteiger partial charge on any atom is -0.506 e. The smallest absolute Gasteiger partial charge is 0.305 e. The van der Waals surface area contributed by atoms with Gasteiger partial charge in [-0.05, 0) is 49.1 Å². The van der Waals surface area contributed by atoms with Crippen molar-refractivity contribution in [1.29, 1.82) is 0 Å². The minimum atomic E-state index is -0.808. The van der Waals surface area contributed by atoms with Crippen LogP contribution in [0.1, 0.15) is 104 Å². The number of aromatic hydroxyl groups is 1. The maximum absolute atomic E-state index is 16.1. The van der Waals surface area contributed by atoms with Gasteiger partial charge in [0, 0.05) is 48.6 Å². The molecule has 48 heavy (non-hydrogen) atoms. The normalized spacial score (nSPS) is 17.9. The van der Waals surface area contributed by atoms with Gasteiger partial charge in [0.05, 0.1) is 34.6 Å². The number of nitrogens with one attached hydrogen (secondary N) is 1. The number of hydrogen-bond donors (Lipinski definition) is 3. The number of phenolic OH excluding ortho intramolecular Hbond substituents is 1. The van der Waals surface area contributed by atoms with Crippen molar-refractivity contribution in [3.8, 4) is 5.75 Å². The van der Waals surface area contributed by atoms with E-state index in [4.69, 9.17) is 4.74 Å². The molecule has 2 aromatic carbocycles. The SMILES string of the molecule is CC(C)c1nc(C(=O)N2CCOC3(CCN(Cc4cccc(C(C)(C)CCC[C@H](O)c5ccc(O)c6[nH]c(=O)sc56)c4F)CC3)C2)cs1. The van der Waals surface area contributed by atoms with E-state index in [1.807, 2.05) is 42.3 Å². The van der Waals surface area contributed by atoms with Gasteiger partial charge in [-0.15, -0.1) is 11.3 Å². The highest BCUT2D eigenvalue weighted by molar-refractivity contribution is 7.16. The van der Waals surface area contributed by atoms with Gasteiger partial charge in [0.1, 0.15) is 22.8 Å². The van der Waals surface area contributed by atoms with Gasteiger partial charge in [0.25, 0.3) is 5.91 Å². The topological polar surface area (TPSA) is 119 Å². The summed E-state index contributed by atoms with van der Waals surface area (Å²) in [5, 5.41) is 23.9. The van der Waals surface area contributed by atoms with Crippen LogP contribution < -0.4 is 4.87 Å². The Kier molecular flexibility index (Phi) is 10.1. The monoisotopic (exact) mass is 696 g/mol. The number of piperidine rings is 1. The number of aliphatic hydroxyl groups is 1. The summed E-state index contributed by atoms with van der Waals surface area (Å²) in [5.74, 6) is 0.0529. The molecule has 12 heteroatoms. The molecule has 1 spiro atoms. The first-order valence-corrected chi connectivity index (χ1v) is 18.5. The maximum atomic E-state index is 16.1. The number of aliphatic hydroxyl groups excluding tert-OH is 1. The summed E-state index contributed by atoms with van der Waals surface area (Å²) >= 11 is 2.51. The van der Waals surface area contributed by atoms with Crippen LogP contribution in [0, 0.1) is 5.82 Å². The fraction of sp³-hybridized carbons (Fsp3) is 0.528. The van der Waals surface area contributed by atoms with Gasteiger partial charge < -0.3 is 24.8 Å². The lowest BCUT2D eigenvalue weighted by Crippen LogP contribution is -2.58. The first-order valence-electron chi connectivity index (χ1n) is 16.8. The third-order valence-corrected chi connectivity index (χ3v) is 12.0. The van der Waals surface area contributed by atoms with Gasteiger partial charge in [-0.25, -0.2) is 9.37 Å². The third kappa shape index (κ3) is 7.23. The molecule has 6 rings (SSSR count). The van der Waals surface area contributed by atoms with Crippen LogP contribution in [0.15, 0.2) is 40.5 Å². The van der Waals surface area contributed by atoms with Crippen molar-refractivity contribution in [3.63, 3.8) is 0 Å². The zero-order chi connectivity index (χ0) is 34.2. The highest BCUT2D eigenvalue weighted by atomic mass is 32.1. The molecule has 0 aliphatic carbocycles. The molecule has 2 fully saturated rings. The van der Waals surface area contributed by atoms with Crippen LogP contribution in [0.4, 0.5) is 4.39 Å². The van der Waals surface area contributed by atoms with Crippen LogP contribution in [0.2, 0.25) is 0 Å². The van der Waals surface area contributed by atoms with E-state index in [0.717, 1.165) is 42.3 Å². The number of thiazole rings is 2. The maximum Gasteiger partial charge on any atom is 0.305 e. The van der Waals surface area contributed by atoms with E-state index < -0.39 is 11.5 Å². The second kappa shape index (κ2) is 14.0. The molecule has 0 saturated carbocycles. The molecule has 0 bridgehead atoms. The Balaban J connectivity index is 1.04. The number of nitrogens with zero attached hydrogens (tertiary/aromatic N) is 3. The molecule has 2 aliphatic heterocycles. The summed E-state index contributed by atoms with van der Waals surface area (Å²) in [7, 11) is 0. The van der Waals surface area contributed by atoms with E-state index in [2.05, 4.69) is 28.7 Å². The van der Waals surface area contributed by atoms with Crippen molar-refractivity contribution < 1.29 is 24.1 Å². The predicted octanol–water partition coefficient (Wildman–Crippen LogP) is 6.70. The van der Waals surface area contributed by atoms with Crippen molar-refractivity contribution >= 4 is 38.8 Å². The number of ether oxygens (including phenoxy) is 1. The highest BCUT2D eigenvalue weighted by Crippen LogP contribution is 2.37. The molecule has 2 aromatic heterocycles. The second-order valence-electron chi connectivity index (χ2n) is 14.2. The Morgan fingerprint density at radius 3 is 2.69 bits per heavy atom. The van der Waals surface area contributed by atoms with Crippen LogP contribution >= 0.6 is 22.7 Å². The molecule has 9 nitrogen and oxygen atoms in total. The number of H-pyrrole nitrogens is 1. The van der Waals surface area contributed by atoms with Gasteiger partial charge in [-0.2, -0.15) is 0 Å². The number of carbonyl (C=O) groups is 1. The molecule has 0 unspecified atom stereocenters. The number of likely N-dealkylation sites (tertiary alicyclic amines) is 1. The lowest BCUT2D eigenvalue weighted by Gasteiger charge is -2.47. The number of fused-ring (bicyclic) bond motifs is 1. The number of morpholine rings is 1. The molecule has 4 aromatic rings. The number of rotatable bonds is 10. The standard InChI is InChI=1S/C36H45FN4O5S2/c1-22(2)32-38-26(20-47-32)33(44)41-17-18-46-36(21-41)13-15-40(16-14-36)19-23-7-5-8-25(29(23)37)35(3,4)12-6-9-27(42)24-10-11-28(43)30-31(24)48-34(45)39-30/h5,7-8,10-11,20,22,27,42-43H,6,9,12-19,21H2,1-4H3,(H,39,45)/t27-/m0/s1. The van der Waals surface area contributed by atoms with Crippen LogP contribution in [0.3, 0.4) is 0 Å². The fourth-order valence-corrected chi connectivity index (χ4v) is 8.77. The Bertz CT molecular complexity index is 1820. The Morgan fingerprint density at radius 1 is 1.19 bits per heavy atom. The van der Waals surface area contributed by atoms with E-state index in [0.29, 0.717) is 78.1 Å². The van der Waals surface area contributed by atoms with Gasteiger partial charge in [0.2, 0.25) is 0 Å². The lowest BCUT2D eigenvalue weighted by atomic mass is 9.78. The molecule has 1 amide bonds. The number of phenols is 1. The number of benzene rings is 2. The highest BCUT2D eigenvalue weighted by Gasteiger charge is 2.41. The molecule has 1 atom stereocenters. The zero-order valence-electron chi connectivity index (χ0n) is 28.1. The van der Waals surface area contributed by atoms with Gasteiger partial charge in [-0.1, -0.05) is 63.3 Å². The number of hydrogen-bond acceptors (Lipinski definition) is 9. The number of aromatic nitrogens is 2. The van der Waals surface area contributed by atoms with Crippen molar-refractivity contribution in [1.82, 2.24) is 19.8 Å². The molecular weight excluding hydrogens is 652 g/mol. The molecule has 2 saturated heterocycles. The largest absolute Gasteiger partial charge is 0.506 e. The van der Waals surface area contributed by atoms with E-state index in [1.54, 1.807) is 6.07 Å². The van der Waals surface area contributed by atoms with E-state index in [-0.39, 0.29) is 33.9 Å². The summed E-state index contributed by atoms with van der Waals surface area (Å²) in [4.78, 5) is 36.2. The van der Waals surface area contributed by atoms with E-state index in [1.165, 1.54) is 17.4 Å². The summed E-state index contributed by atoms with van der Waals surface area (Å²) in [6.45, 7) is 11.8. The zero-order valence-corrected chi connectivity index (χ0v) is 29.7. The van der Waals surface area contributed by atoms with Crippen molar-refractivity contribution in [2.24, 2.45) is 0 Å².